The highest BCUT2D eigenvalue weighted by atomic mass is 16.5. The molecule has 3 rings (SSSR count). The minimum atomic E-state index is 0.233. The Morgan fingerprint density at radius 3 is 2.95 bits per heavy atom. The lowest BCUT2D eigenvalue weighted by atomic mass is 10.2. The van der Waals surface area contributed by atoms with Crippen molar-refractivity contribution in [3.05, 3.63) is 41.5 Å². The molecule has 2 heterocycles. The summed E-state index contributed by atoms with van der Waals surface area (Å²) in [6, 6.07) is 8.13. The van der Waals surface area contributed by atoms with Crippen molar-refractivity contribution in [3.8, 4) is 5.75 Å². The molecular formula is C14H17N3O2. The Morgan fingerprint density at radius 1 is 1.37 bits per heavy atom. The minimum absolute atomic E-state index is 0.233. The van der Waals surface area contributed by atoms with Crippen LogP contribution in [0.5, 0.6) is 5.75 Å². The highest BCUT2D eigenvalue weighted by Crippen LogP contribution is 2.20. The van der Waals surface area contributed by atoms with E-state index >= 15 is 0 Å². The average molecular weight is 259 g/mol. The van der Waals surface area contributed by atoms with Crippen LogP contribution in [0, 0.1) is 6.92 Å². The molecule has 1 aliphatic rings. The Labute approximate surface area is 112 Å². The molecule has 0 saturated carbocycles. The number of hydrogen-bond acceptors (Lipinski definition) is 5. The molecule has 1 aromatic heterocycles. The molecule has 1 saturated heterocycles. The number of benzene rings is 1. The van der Waals surface area contributed by atoms with Crippen LogP contribution >= 0.6 is 0 Å². The van der Waals surface area contributed by atoms with Crippen molar-refractivity contribution < 1.29 is 9.26 Å². The summed E-state index contributed by atoms with van der Waals surface area (Å²) in [6.45, 7) is 3.37. The number of nitrogens with one attached hydrogen (secondary N) is 1. The van der Waals surface area contributed by atoms with Crippen LogP contribution in [0.15, 0.2) is 28.8 Å². The van der Waals surface area contributed by atoms with E-state index in [4.69, 9.17) is 9.26 Å². The molecule has 1 aromatic carbocycles. The van der Waals surface area contributed by atoms with E-state index in [9.17, 15) is 0 Å². The highest BCUT2D eigenvalue weighted by Gasteiger charge is 2.21. The van der Waals surface area contributed by atoms with E-state index in [-0.39, 0.29) is 6.04 Å². The predicted octanol–water partition coefficient (Wildman–Crippen LogP) is 2.38. The molecule has 0 unspecified atom stereocenters. The van der Waals surface area contributed by atoms with Gasteiger partial charge in [0.05, 0.1) is 6.04 Å². The molecule has 1 aliphatic heterocycles. The Kier molecular flexibility index (Phi) is 3.46. The Balaban J connectivity index is 1.59. The molecule has 0 spiro atoms. The van der Waals surface area contributed by atoms with Crippen molar-refractivity contribution >= 4 is 0 Å². The van der Waals surface area contributed by atoms with Gasteiger partial charge in [0.1, 0.15) is 5.75 Å². The van der Waals surface area contributed by atoms with Gasteiger partial charge in [-0.1, -0.05) is 22.9 Å². The third-order valence-corrected chi connectivity index (χ3v) is 3.24. The van der Waals surface area contributed by atoms with E-state index in [1.807, 2.05) is 31.2 Å². The highest BCUT2D eigenvalue weighted by molar-refractivity contribution is 5.26. The number of nitrogens with zero attached hydrogens (tertiary/aromatic N) is 2. The van der Waals surface area contributed by atoms with Crippen LogP contribution < -0.4 is 10.1 Å². The van der Waals surface area contributed by atoms with E-state index < -0.39 is 0 Å². The van der Waals surface area contributed by atoms with E-state index in [0.717, 1.165) is 31.0 Å². The summed E-state index contributed by atoms with van der Waals surface area (Å²) in [4.78, 5) is 4.36. The largest absolute Gasteiger partial charge is 0.484 e. The molecular weight excluding hydrogens is 242 g/mol. The molecule has 1 atom stereocenters. The summed E-state index contributed by atoms with van der Waals surface area (Å²) >= 11 is 0. The van der Waals surface area contributed by atoms with E-state index in [1.165, 1.54) is 5.56 Å². The van der Waals surface area contributed by atoms with Crippen molar-refractivity contribution in [1.29, 1.82) is 0 Å². The third-order valence-electron chi connectivity index (χ3n) is 3.24. The van der Waals surface area contributed by atoms with Crippen LogP contribution in [0.25, 0.3) is 0 Å². The zero-order chi connectivity index (χ0) is 13.1. The van der Waals surface area contributed by atoms with Gasteiger partial charge in [-0.3, -0.25) is 0 Å². The van der Waals surface area contributed by atoms with E-state index in [2.05, 4.69) is 15.5 Å². The maximum absolute atomic E-state index is 5.61. The second-order valence-electron chi connectivity index (χ2n) is 4.80. The molecule has 0 bridgehead atoms. The Morgan fingerprint density at radius 2 is 2.21 bits per heavy atom. The first-order valence-electron chi connectivity index (χ1n) is 6.56. The standard InChI is InChI=1S/C14H17N3O2/c1-10-4-6-11(7-5-10)18-9-13-16-14(17-19-13)12-3-2-8-15-12/h4-7,12,15H,2-3,8-9H2,1H3/t12-/m1/s1. The SMILES string of the molecule is Cc1ccc(OCc2nc([C@H]3CCCN3)no2)cc1. The lowest BCUT2D eigenvalue weighted by molar-refractivity contribution is 0.242. The fourth-order valence-corrected chi connectivity index (χ4v) is 2.15. The molecule has 1 N–H and O–H groups in total. The number of hydrogen-bond donors (Lipinski definition) is 1. The second-order valence-corrected chi connectivity index (χ2v) is 4.80. The summed E-state index contributed by atoms with van der Waals surface area (Å²) in [5, 5.41) is 7.34. The first kappa shape index (κ1) is 12.2. The van der Waals surface area contributed by atoms with Crippen LogP contribution in [0.3, 0.4) is 0 Å². The van der Waals surface area contributed by atoms with Crippen molar-refractivity contribution in [1.82, 2.24) is 15.5 Å². The summed E-state index contributed by atoms with van der Waals surface area (Å²) in [5.41, 5.74) is 1.21. The number of ether oxygens (including phenoxy) is 1. The van der Waals surface area contributed by atoms with Gasteiger partial charge in [0, 0.05) is 0 Å². The van der Waals surface area contributed by atoms with Gasteiger partial charge in [0.15, 0.2) is 12.4 Å². The molecule has 0 radical (unpaired) electrons. The molecule has 0 aliphatic carbocycles. The van der Waals surface area contributed by atoms with Crippen LogP contribution in [0.1, 0.15) is 36.2 Å². The molecule has 5 nitrogen and oxygen atoms in total. The van der Waals surface area contributed by atoms with Gasteiger partial charge in [-0.15, -0.1) is 0 Å². The van der Waals surface area contributed by atoms with Gasteiger partial charge in [0.2, 0.25) is 0 Å². The number of aromatic nitrogens is 2. The fourth-order valence-electron chi connectivity index (χ4n) is 2.15. The van der Waals surface area contributed by atoms with Crippen LogP contribution in [0.4, 0.5) is 0 Å². The Hall–Kier alpha value is -1.88. The van der Waals surface area contributed by atoms with E-state index in [1.54, 1.807) is 0 Å². The number of rotatable bonds is 4. The number of aryl methyl sites for hydroxylation is 1. The molecule has 5 heteroatoms. The monoisotopic (exact) mass is 259 g/mol. The van der Waals surface area contributed by atoms with Gasteiger partial charge in [-0.2, -0.15) is 4.98 Å². The van der Waals surface area contributed by atoms with Crippen molar-refractivity contribution in [2.45, 2.75) is 32.4 Å². The quantitative estimate of drug-likeness (QED) is 0.913. The summed E-state index contributed by atoms with van der Waals surface area (Å²) < 4.78 is 10.8. The predicted molar refractivity (Wildman–Crippen MR) is 69.8 cm³/mol. The summed E-state index contributed by atoms with van der Waals surface area (Å²) in [6.07, 6.45) is 2.23. The van der Waals surface area contributed by atoms with Crippen LogP contribution in [0.2, 0.25) is 0 Å². The van der Waals surface area contributed by atoms with Crippen LogP contribution in [-0.2, 0) is 6.61 Å². The van der Waals surface area contributed by atoms with Gasteiger partial charge >= 0.3 is 0 Å². The van der Waals surface area contributed by atoms with Gasteiger partial charge < -0.3 is 14.6 Å². The van der Waals surface area contributed by atoms with Crippen LogP contribution in [-0.4, -0.2) is 16.7 Å². The van der Waals surface area contributed by atoms with Gasteiger partial charge in [-0.05, 0) is 38.4 Å². The lowest BCUT2D eigenvalue weighted by Gasteiger charge is -2.03. The molecule has 1 fully saturated rings. The summed E-state index contributed by atoms with van der Waals surface area (Å²) in [5.74, 6) is 2.06. The summed E-state index contributed by atoms with van der Waals surface area (Å²) in [7, 11) is 0. The normalized spacial score (nSPS) is 18.7. The zero-order valence-corrected chi connectivity index (χ0v) is 10.9. The van der Waals surface area contributed by atoms with Gasteiger partial charge in [-0.25, -0.2) is 0 Å². The lowest BCUT2D eigenvalue weighted by Crippen LogP contribution is -2.14. The first-order chi connectivity index (χ1) is 9.31. The molecule has 100 valence electrons. The molecule has 19 heavy (non-hydrogen) atoms. The minimum Gasteiger partial charge on any atom is -0.484 e. The second kappa shape index (κ2) is 5.40. The maximum Gasteiger partial charge on any atom is 0.264 e. The third kappa shape index (κ3) is 2.93. The zero-order valence-electron chi connectivity index (χ0n) is 10.9. The molecule has 2 aromatic rings. The smallest absolute Gasteiger partial charge is 0.264 e. The van der Waals surface area contributed by atoms with Crippen molar-refractivity contribution in [3.63, 3.8) is 0 Å². The fraction of sp³-hybridized carbons (Fsp3) is 0.429. The average Bonchev–Trinajstić information content (AvgIpc) is 3.09. The van der Waals surface area contributed by atoms with E-state index in [0.29, 0.717) is 12.5 Å². The van der Waals surface area contributed by atoms with Gasteiger partial charge in [0.25, 0.3) is 5.89 Å². The van der Waals surface area contributed by atoms with Crippen molar-refractivity contribution in [2.75, 3.05) is 6.54 Å². The Bertz CT molecular complexity index is 530. The first-order valence-corrected chi connectivity index (χ1v) is 6.56. The topological polar surface area (TPSA) is 60.2 Å². The maximum atomic E-state index is 5.61. The van der Waals surface area contributed by atoms with Crippen molar-refractivity contribution in [2.24, 2.45) is 0 Å². The molecule has 0 amide bonds.